The van der Waals surface area contributed by atoms with Gasteiger partial charge >= 0.3 is 0 Å². The van der Waals surface area contributed by atoms with E-state index in [1.807, 2.05) is 42.9 Å². The van der Waals surface area contributed by atoms with Crippen LogP contribution in [0.2, 0.25) is 0 Å². The number of H-pyrrole nitrogens is 1. The molecule has 0 unspecified atom stereocenters. The van der Waals surface area contributed by atoms with Gasteiger partial charge in [0.15, 0.2) is 5.16 Å². The summed E-state index contributed by atoms with van der Waals surface area (Å²) in [4.78, 5) is 7.87. The van der Waals surface area contributed by atoms with Crippen molar-refractivity contribution in [1.29, 1.82) is 0 Å². The van der Waals surface area contributed by atoms with E-state index in [1.54, 1.807) is 11.8 Å². The zero-order valence-electron chi connectivity index (χ0n) is 10.6. The van der Waals surface area contributed by atoms with Crippen LogP contribution in [0.15, 0.2) is 33.9 Å². The van der Waals surface area contributed by atoms with Gasteiger partial charge in [0.2, 0.25) is 0 Å². The van der Waals surface area contributed by atoms with Gasteiger partial charge in [-0.15, -0.1) is 0 Å². The zero-order valence-corrected chi connectivity index (χ0v) is 13.0. The van der Waals surface area contributed by atoms with Gasteiger partial charge in [-0.2, -0.15) is 5.10 Å². The summed E-state index contributed by atoms with van der Waals surface area (Å²) in [6.45, 7) is 2.00. The van der Waals surface area contributed by atoms with Gasteiger partial charge < -0.3 is 4.98 Å². The zero-order chi connectivity index (χ0) is 13.4. The van der Waals surface area contributed by atoms with Crippen molar-refractivity contribution in [2.24, 2.45) is 7.05 Å². The van der Waals surface area contributed by atoms with Crippen molar-refractivity contribution in [2.75, 3.05) is 0 Å². The number of fused-ring (bicyclic) bond motifs is 1. The second kappa shape index (κ2) is 5.02. The third-order valence-corrected chi connectivity index (χ3v) is 4.89. The van der Waals surface area contributed by atoms with Gasteiger partial charge in [0, 0.05) is 12.8 Å². The van der Waals surface area contributed by atoms with Gasteiger partial charge in [0.05, 0.1) is 26.9 Å². The summed E-state index contributed by atoms with van der Waals surface area (Å²) < 4.78 is 2.99. The molecule has 0 spiro atoms. The minimum Gasteiger partial charge on any atom is -0.333 e. The SMILES string of the molecule is Cc1nn(C)c(CSc2nc3ccccc3[nH]2)c1Br. The van der Waals surface area contributed by atoms with E-state index in [4.69, 9.17) is 0 Å². The quantitative estimate of drug-likeness (QED) is 0.742. The lowest BCUT2D eigenvalue weighted by Crippen LogP contribution is -1.96. The van der Waals surface area contributed by atoms with Crippen molar-refractivity contribution >= 4 is 38.7 Å². The minimum absolute atomic E-state index is 0.831. The number of nitrogens with one attached hydrogen (secondary N) is 1. The molecule has 19 heavy (non-hydrogen) atoms. The molecule has 0 aliphatic rings. The van der Waals surface area contributed by atoms with E-state index < -0.39 is 0 Å². The fourth-order valence-corrected chi connectivity index (χ4v) is 3.58. The molecule has 6 heteroatoms. The van der Waals surface area contributed by atoms with Gasteiger partial charge in [-0.25, -0.2) is 4.98 Å². The van der Waals surface area contributed by atoms with E-state index in [0.29, 0.717) is 0 Å². The number of rotatable bonds is 3. The maximum atomic E-state index is 4.56. The second-order valence-corrected chi connectivity index (χ2v) is 6.07. The first-order valence-electron chi connectivity index (χ1n) is 5.90. The average molecular weight is 337 g/mol. The maximum Gasteiger partial charge on any atom is 0.166 e. The van der Waals surface area contributed by atoms with E-state index >= 15 is 0 Å². The molecule has 0 bridgehead atoms. The van der Waals surface area contributed by atoms with Gasteiger partial charge in [-0.3, -0.25) is 4.68 Å². The van der Waals surface area contributed by atoms with Crippen LogP contribution >= 0.6 is 27.7 Å². The lowest BCUT2D eigenvalue weighted by atomic mass is 10.3. The Morgan fingerprint density at radius 1 is 1.37 bits per heavy atom. The molecule has 0 aliphatic carbocycles. The van der Waals surface area contributed by atoms with Crippen LogP contribution in [0.25, 0.3) is 11.0 Å². The molecule has 0 amide bonds. The molecule has 0 fully saturated rings. The highest BCUT2D eigenvalue weighted by atomic mass is 79.9. The smallest absolute Gasteiger partial charge is 0.166 e. The topological polar surface area (TPSA) is 46.5 Å². The van der Waals surface area contributed by atoms with Crippen molar-refractivity contribution < 1.29 is 0 Å². The third-order valence-electron chi connectivity index (χ3n) is 2.97. The van der Waals surface area contributed by atoms with Crippen molar-refractivity contribution in [3.8, 4) is 0 Å². The Balaban J connectivity index is 1.82. The molecule has 1 N–H and O–H groups in total. The lowest BCUT2D eigenvalue weighted by Gasteiger charge is -2.00. The molecule has 4 nitrogen and oxygen atoms in total. The van der Waals surface area contributed by atoms with Crippen molar-refractivity contribution in [2.45, 2.75) is 17.8 Å². The average Bonchev–Trinajstić information content (AvgIpc) is 2.90. The third kappa shape index (κ3) is 2.42. The summed E-state index contributed by atoms with van der Waals surface area (Å²) in [6.07, 6.45) is 0. The Morgan fingerprint density at radius 3 is 2.84 bits per heavy atom. The largest absolute Gasteiger partial charge is 0.333 e. The fourth-order valence-electron chi connectivity index (χ4n) is 1.97. The van der Waals surface area contributed by atoms with Crippen LogP contribution in [0.4, 0.5) is 0 Å². The molecule has 0 saturated carbocycles. The highest BCUT2D eigenvalue weighted by molar-refractivity contribution is 9.10. The first kappa shape index (κ1) is 12.7. The van der Waals surface area contributed by atoms with Gasteiger partial charge in [-0.1, -0.05) is 23.9 Å². The number of aryl methyl sites for hydroxylation is 2. The van der Waals surface area contributed by atoms with Crippen LogP contribution in [0.5, 0.6) is 0 Å². The predicted octanol–water partition coefficient (Wildman–Crippen LogP) is 3.66. The summed E-state index contributed by atoms with van der Waals surface area (Å²) in [7, 11) is 1.96. The van der Waals surface area contributed by atoms with Gasteiger partial charge in [-0.05, 0) is 35.0 Å². The van der Waals surface area contributed by atoms with Crippen molar-refractivity contribution in [1.82, 2.24) is 19.7 Å². The molecule has 3 rings (SSSR count). The summed E-state index contributed by atoms with van der Waals surface area (Å²) in [5, 5.41) is 5.33. The van der Waals surface area contributed by atoms with Crippen LogP contribution in [0, 0.1) is 6.92 Å². The number of halogens is 1. The highest BCUT2D eigenvalue weighted by Gasteiger charge is 2.12. The van der Waals surface area contributed by atoms with Crippen LogP contribution in [-0.4, -0.2) is 19.7 Å². The number of thioether (sulfide) groups is 1. The van der Waals surface area contributed by atoms with Crippen LogP contribution < -0.4 is 0 Å². The van der Waals surface area contributed by atoms with E-state index in [-0.39, 0.29) is 0 Å². The first-order valence-corrected chi connectivity index (χ1v) is 7.68. The summed E-state index contributed by atoms with van der Waals surface area (Å²) in [6, 6.07) is 8.06. The standard InChI is InChI=1S/C13H13BrN4S/c1-8-12(14)11(18(2)17-8)7-19-13-15-9-5-3-4-6-10(9)16-13/h3-6H,7H2,1-2H3,(H,15,16). The van der Waals surface area contributed by atoms with Crippen LogP contribution in [-0.2, 0) is 12.8 Å². The monoisotopic (exact) mass is 336 g/mol. The molecular weight excluding hydrogens is 324 g/mol. The van der Waals surface area contributed by atoms with Gasteiger partial charge in [0.25, 0.3) is 0 Å². The summed E-state index contributed by atoms with van der Waals surface area (Å²) in [5.41, 5.74) is 4.26. The number of imidazole rings is 1. The maximum absolute atomic E-state index is 4.56. The molecule has 0 radical (unpaired) electrons. The van der Waals surface area contributed by atoms with E-state index in [9.17, 15) is 0 Å². The van der Waals surface area contributed by atoms with Crippen molar-refractivity contribution in [3.05, 3.63) is 40.1 Å². The van der Waals surface area contributed by atoms with E-state index in [2.05, 4.69) is 31.0 Å². The first-order chi connectivity index (χ1) is 9.15. The van der Waals surface area contributed by atoms with Crippen LogP contribution in [0.3, 0.4) is 0 Å². The van der Waals surface area contributed by atoms with E-state index in [0.717, 1.165) is 32.1 Å². The number of nitrogens with zero attached hydrogens (tertiary/aromatic N) is 3. The molecule has 1 aromatic carbocycles. The summed E-state index contributed by atoms with van der Waals surface area (Å²) >= 11 is 5.27. The number of benzene rings is 1. The molecular formula is C13H13BrN4S. The Hall–Kier alpha value is -1.27. The number of para-hydroxylation sites is 2. The Bertz CT molecular complexity index is 698. The number of aromatic nitrogens is 4. The molecule has 0 saturated heterocycles. The highest BCUT2D eigenvalue weighted by Crippen LogP contribution is 2.28. The minimum atomic E-state index is 0.831. The predicted molar refractivity (Wildman–Crippen MR) is 81.3 cm³/mol. The molecule has 98 valence electrons. The van der Waals surface area contributed by atoms with Crippen molar-refractivity contribution in [3.63, 3.8) is 0 Å². The Morgan fingerprint density at radius 2 is 2.16 bits per heavy atom. The molecule has 0 aliphatic heterocycles. The lowest BCUT2D eigenvalue weighted by molar-refractivity contribution is 0.727. The number of aromatic amines is 1. The van der Waals surface area contributed by atoms with E-state index in [1.165, 1.54) is 5.69 Å². The fraction of sp³-hybridized carbons (Fsp3) is 0.231. The molecule has 2 aromatic heterocycles. The Labute approximate surface area is 123 Å². The normalized spacial score (nSPS) is 11.3. The molecule has 3 aromatic rings. The second-order valence-electron chi connectivity index (χ2n) is 4.32. The molecule has 2 heterocycles. The number of hydrogen-bond acceptors (Lipinski definition) is 3. The number of hydrogen-bond donors (Lipinski definition) is 1. The van der Waals surface area contributed by atoms with Crippen LogP contribution in [0.1, 0.15) is 11.4 Å². The summed E-state index contributed by atoms with van der Waals surface area (Å²) in [5.74, 6) is 0.831. The molecule has 0 atom stereocenters. The Kier molecular flexibility index (Phi) is 3.36. The van der Waals surface area contributed by atoms with Gasteiger partial charge in [0.1, 0.15) is 0 Å².